The molecule has 18 heavy (non-hydrogen) atoms. The summed E-state index contributed by atoms with van der Waals surface area (Å²) in [4.78, 5) is 10.6. The van der Waals surface area contributed by atoms with E-state index in [0.29, 0.717) is 47.3 Å². The Labute approximate surface area is 108 Å². The van der Waals surface area contributed by atoms with Crippen LogP contribution in [0.4, 0.5) is 0 Å². The maximum Gasteiger partial charge on any atom is 0.185 e. The SMILES string of the molecule is O=Cc1ccc(-c2cc3c(cc2Cl)OCCO3)o1. The number of hydrogen-bond acceptors (Lipinski definition) is 4. The first-order valence-corrected chi connectivity index (χ1v) is 5.80. The fourth-order valence-corrected chi connectivity index (χ4v) is 2.06. The number of aldehydes is 1. The van der Waals surface area contributed by atoms with Gasteiger partial charge in [0.25, 0.3) is 0 Å². The van der Waals surface area contributed by atoms with Crippen molar-refractivity contribution < 1.29 is 18.7 Å². The van der Waals surface area contributed by atoms with E-state index >= 15 is 0 Å². The molecule has 0 atom stereocenters. The van der Waals surface area contributed by atoms with Crippen molar-refractivity contribution in [3.63, 3.8) is 0 Å². The predicted molar refractivity (Wildman–Crippen MR) is 65.5 cm³/mol. The van der Waals surface area contributed by atoms with Crippen LogP contribution in [0.15, 0.2) is 28.7 Å². The average Bonchev–Trinajstić information content (AvgIpc) is 2.86. The van der Waals surface area contributed by atoms with Gasteiger partial charge in [0.15, 0.2) is 23.5 Å². The largest absolute Gasteiger partial charge is 0.486 e. The minimum Gasteiger partial charge on any atom is -0.486 e. The second-order valence-electron chi connectivity index (χ2n) is 3.80. The van der Waals surface area contributed by atoms with Gasteiger partial charge in [-0.2, -0.15) is 0 Å². The average molecular weight is 265 g/mol. The maximum atomic E-state index is 10.6. The zero-order valence-corrected chi connectivity index (χ0v) is 10.1. The van der Waals surface area contributed by atoms with Crippen molar-refractivity contribution in [1.29, 1.82) is 0 Å². The van der Waals surface area contributed by atoms with E-state index in [1.54, 1.807) is 24.3 Å². The molecule has 92 valence electrons. The van der Waals surface area contributed by atoms with Crippen molar-refractivity contribution in [2.45, 2.75) is 0 Å². The van der Waals surface area contributed by atoms with E-state index in [2.05, 4.69) is 0 Å². The Kier molecular flexibility index (Phi) is 2.72. The first kappa shape index (κ1) is 11.2. The van der Waals surface area contributed by atoms with Gasteiger partial charge in [0.1, 0.15) is 19.0 Å². The van der Waals surface area contributed by atoms with Crippen LogP contribution < -0.4 is 9.47 Å². The molecule has 0 amide bonds. The lowest BCUT2D eigenvalue weighted by Crippen LogP contribution is -2.15. The highest BCUT2D eigenvalue weighted by molar-refractivity contribution is 6.33. The number of rotatable bonds is 2. The lowest BCUT2D eigenvalue weighted by atomic mass is 10.1. The molecular formula is C13H9ClO4. The molecular weight excluding hydrogens is 256 g/mol. The number of ether oxygens (including phenoxy) is 2. The van der Waals surface area contributed by atoms with Crippen molar-refractivity contribution in [3.8, 4) is 22.8 Å². The van der Waals surface area contributed by atoms with E-state index in [4.69, 9.17) is 25.5 Å². The molecule has 3 rings (SSSR count). The van der Waals surface area contributed by atoms with Gasteiger partial charge in [-0.25, -0.2) is 0 Å². The Morgan fingerprint density at radius 3 is 2.50 bits per heavy atom. The van der Waals surface area contributed by atoms with Gasteiger partial charge in [-0.1, -0.05) is 11.6 Å². The Hall–Kier alpha value is -1.94. The molecule has 1 aliphatic rings. The van der Waals surface area contributed by atoms with E-state index in [0.717, 1.165) is 0 Å². The number of halogens is 1. The van der Waals surface area contributed by atoms with Crippen LogP contribution in [0.2, 0.25) is 5.02 Å². The summed E-state index contributed by atoms with van der Waals surface area (Å²) in [5.41, 5.74) is 0.675. The minimum atomic E-state index is 0.260. The summed E-state index contributed by atoms with van der Waals surface area (Å²) >= 11 is 6.16. The summed E-state index contributed by atoms with van der Waals surface area (Å²) in [6.07, 6.45) is 0.648. The topological polar surface area (TPSA) is 48.7 Å². The molecule has 0 saturated heterocycles. The molecule has 0 aliphatic carbocycles. The first-order valence-electron chi connectivity index (χ1n) is 5.42. The predicted octanol–water partition coefficient (Wildman–Crippen LogP) is 3.18. The molecule has 4 nitrogen and oxygen atoms in total. The van der Waals surface area contributed by atoms with Gasteiger partial charge < -0.3 is 13.9 Å². The summed E-state index contributed by atoms with van der Waals surface area (Å²) in [6.45, 7) is 1.02. The summed E-state index contributed by atoms with van der Waals surface area (Å²) < 4.78 is 16.2. The van der Waals surface area contributed by atoms with E-state index in [9.17, 15) is 4.79 Å². The standard InChI is InChI=1S/C13H9ClO4/c14-10-6-13-12(16-3-4-17-13)5-9(10)11-2-1-8(7-15)18-11/h1-2,5-7H,3-4H2. The monoisotopic (exact) mass is 264 g/mol. The number of hydrogen-bond donors (Lipinski definition) is 0. The second kappa shape index (κ2) is 4.38. The van der Waals surface area contributed by atoms with Gasteiger partial charge in [0.2, 0.25) is 0 Å². The second-order valence-corrected chi connectivity index (χ2v) is 4.20. The maximum absolute atomic E-state index is 10.6. The highest BCUT2D eigenvalue weighted by Crippen LogP contribution is 2.40. The van der Waals surface area contributed by atoms with Crippen LogP contribution in [0.1, 0.15) is 10.6 Å². The summed E-state index contributed by atoms with van der Waals surface area (Å²) in [7, 11) is 0. The molecule has 1 aromatic heterocycles. The lowest BCUT2D eigenvalue weighted by molar-refractivity contribution is 0.110. The first-order chi connectivity index (χ1) is 8.78. The van der Waals surface area contributed by atoms with Crippen molar-refractivity contribution in [3.05, 3.63) is 35.0 Å². The molecule has 0 radical (unpaired) electrons. The lowest BCUT2D eigenvalue weighted by Gasteiger charge is -2.19. The van der Waals surface area contributed by atoms with E-state index in [1.807, 2.05) is 0 Å². The summed E-state index contributed by atoms with van der Waals surface area (Å²) in [6, 6.07) is 6.73. The molecule has 0 N–H and O–H groups in total. The number of carbonyl (C=O) groups excluding carboxylic acids is 1. The fourth-order valence-electron chi connectivity index (χ4n) is 1.81. The molecule has 2 aromatic rings. The van der Waals surface area contributed by atoms with Crippen LogP contribution in [0.25, 0.3) is 11.3 Å². The third-order valence-corrected chi connectivity index (χ3v) is 2.95. The van der Waals surface area contributed by atoms with Crippen molar-refractivity contribution in [2.75, 3.05) is 13.2 Å². The van der Waals surface area contributed by atoms with Crippen molar-refractivity contribution >= 4 is 17.9 Å². The number of furan rings is 1. The van der Waals surface area contributed by atoms with Crippen LogP contribution in [0.3, 0.4) is 0 Å². The van der Waals surface area contributed by atoms with Gasteiger partial charge in [-0.05, 0) is 18.2 Å². The van der Waals surface area contributed by atoms with Crippen molar-refractivity contribution in [1.82, 2.24) is 0 Å². The number of benzene rings is 1. The molecule has 0 bridgehead atoms. The minimum absolute atomic E-state index is 0.260. The molecule has 0 fully saturated rings. The van der Waals surface area contributed by atoms with Gasteiger partial charge in [0, 0.05) is 11.6 Å². The zero-order valence-electron chi connectivity index (χ0n) is 9.31. The van der Waals surface area contributed by atoms with E-state index < -0.39 is 0 Å². The molecule has 0 spiro atoms. The third kappa shape index (κ3) is 1.84. The number of fused-ring (bicyclic) bond motifs is 1. The van der Waals surface area contributed by atoms with Crippen LogP contribution >= 0.6 is 11.6 Å². The summed E-state index contributed by atoms with van der Waals surface area (Å²) in [5, 5.41) is 0.492. The Morgan fingerprint density at radius 1 is 1.11 bits per heavy atom. The Morgan fingerprint density at radius 2 is 1.83 bits per heavy atom. The summed E-state index contributed by atoms with van der Waals surface area (Å²) in [5.74, 6) is 2.04. The van der Waals surface area contributed by atoms with Gasteiger partial charge in [-0.3, -0.25) is 4.79 Å². The Balaban J connectivity index is 2.08. The normalized spacial score (nSPS) is 13.4. The third-order valence-electron chi connectivity index (χ3n) is 2.64. The zero-order chi connectivity index (χ0) is 12.5. The molecule has 5 heteroatoms. The van der Waals surface area contributed by atoms with E-state index in [1.165, 1.54) is 0 Å². The van der Waals surface area contributed by atoms with E-state index in [-0.39, 0.29) is 5.76 Å². The highest BCUT2D eigenvalue weighted by Gasteiger charge is 2.17. The van der Waals surface area contributed by atoms with Crippen molar-refractivity contribution in [2.24, 2.45) is 0 Å². The van der Waals surface area contributed by atoms with Gasteiger partial charge in [-0.15, -0.1) is 0 Å². The molecule has 0 saturated carbocycles. The molecule has 1 aliphatic heterocycles. The Bertz CT molecular complexity index is 603. The quantitative estimate of drug-likeness (QED) is 0.782. The smallest absolute Gasteiger partial charge is 0.185 e. The molecule has 0 unspecified atom stereocenters. The van der Waals surface area contributed by atoms with Gasteiger partial charge in [0.05, 0.1) is 5.02 Å². The van der Waals surface area contributed by atoms with Crippen LogP contribution in [0, 0.1) is 0 Å². The molecule has 1 aromatic carbocycles. The van der Waals surface area contributed by atoms with Crippen LogP contribution in [-0.2, 0) is 0 Å². The van der Waals surface area contributed by atoms with Gasteiger partial charge >= 0.3 is 0 Å². The molecule has 2 heterocycles. The highest BCUT2D eigenvalue weighted by atomic mass is 35.5. The van der Waals surface area contributed by atoms with Crippen LogP contribution in [-0.4, -0.2) is 19.5 Å². The number of carbonyl (C=O) groups is 1. The fraction of sp³-hybridized carbons (Fsp3) is 0.154. The van der Waals surface area contributed by atoms with Crippen LogP contribution in [0.5, 0.6) is 11.5 Å².